The van der Waals surface area contributed by atoms with Crippen LogP contribution in [0.15, 0.2) is 36.8 Å². The maximum Gasteiger partial charge on any atom is 0.155 e. The molecule has 3 heterocycles. The number of carbonyl (C=O) groups is 1. The van der Waals surface area contributed by atoms with Crippen molar-refractivity contribution >= 4 is 51.5 Å². The van der Waals surface area contributed by atoms with Crippen LogP contribution in [0.3, 0.4) is 0 Å². The Kier molecular flexibility index (Phi) is 6.44. The standard InChI is InChI=1S/C22H25Cl2N5O/c1-2-19(28-17-10-15(23)9-16(24)11-17)20(30)8-14-4-3-7-29(12-14)22-18-5-6-25-21(18)26-13-27-22/h5-6,9-11,13-14,19,28H,2-4,7-8,12H2,1H3,(H,25,26,27)/t14-,19+/m0/s1. The number of rotatable bonds is 7. The average Bonchev–Trinajstić information content (AvgIpc) is 3.20. The van der Waals surface area contributed by atoms with E-state index in [1.807, 2.05) is 19.2 Å². The number of piperidine rings is 1. The first-order valence-electron chi connectivity index (χ1n) is 10.3. The van der Waals surface area contributed by atoms with Crippen LogP contribution in [0.1, 0.15) is 32.6 Å². The Morgan fingerprint density at radius 1 is 1.30 bits per heavy atom. The largest absolute Gasteiger partial charge is 0.375 e. The zero-order valence-corrected chi connectivity index (χ0v) is 18.4. The van der Waals surface area contributed by atoms with Crippen LogP contribution in [-0.2, 0) is 4.79 Å². The van der Waals surface area contributed by atoms with E-state index in [9.17, 15) is 4.79 Å². The Hall–Kier alpha value is -2.31. The van der Waals surface area contributed by atoms with Crippen molar-refractivity contribution in [3.05, 3.63) is 46.8 Å². The molecule has 0 saturated carbocycles. The first-order valence-corrected chi connectivity index (χ1v) is 11.1. The van der Waals surface area contributed by atoms with Gasteiger partial charge in [0.25, 0.3) is 0 Å². The van der Waals surface area contributed by atoms with Crippen LogP contribution in [-0.4, -0.2) is 39.9 Å². The third-order valence-electron chi connectivity index (χ3n) is 5.64. The minimum absolute atomic E-state index is 0.218. The smallest absolute Gasteiger partial charge is 0.155 e. The summed E-state index contributed by atoms with van der Waals surface area (Å²) in [5, 5.41) is 5.43. The monoisotopic (exact) mass is 445 g/mol. The van der Waals surface area contributed by atoms with E-state index in [0.29, 0.717) is 28.8 Å². The number of carbonyl (C=O) groups excluding carboxylic acids is 1. The minimum Gasteiger partial charge on any atom is -0.375 e. The van der Waals surface area contributed by atoms with E-state index >= 15 is 0 Å². The van der Waals surface area contributed by atoms with Gasteiger partial charge < -0.3 is 15.2 Å². The Morgan fingerprint density at radius 3 is 2.87 bits per heavy atom. The van der Waals surface area contributed by atoms with Gasteiger partial charge in [-0.3, -0.25) is 4.79 Å². The zero-order valence-electron chi connectivity index (χ0n) is 16.9. The molecule has 158 valence electrons. The lowest BCUT2D eigenvalue weighted by atomic mass is 9.90. The first kappa shape index (κ1) is 20.9. The molecule has 4 rings (SSSR count). The summed E-state index contributed by atoms with van der Waals surface area (Å²) in [7, 11) is 0. The van der Waals surface area contributed by atoms with Gasteiger partial charge in [0.1, 0.15) is 17.8 Å². The highest BCUT2D eigenvalue weighted by atomic mass is 35.5. The molecule has 2 atom stereocenters. The normalized spacial score (nSPS) is 17.8. The highest BCUT2D eigenvalue weighted by Gasteiger charge is 2.27. The van der Waals surface area contributed by atoms with Crippen molar-refractivity contribution in [1.82, 2.24) is 15.0 Å². The molecule has 1 aliphatic heterocycles. The molecule has 1 aliphatic rings. The fourth-order valence-electron chi connectivity index (χ4n) is 4.21. The van der Waals surface area contributed by atoms with Gasteiger partial charge in [-0.25, -0.2) is 9.97 Å². The lowest BCUT2D eigenvalue weighted by Gasteiger charge is -2.34. The fraction of sp³-hybridized carbons (Fsp3) is 0.409. The second kappa shape index (κ2) is 9.23. The van der Waals surface area contributed by atoms with Gasteiger partial charge in [0.2, 0.25) is 0 Å². The van der Waals surface area contributed by atoms with Crippen LogP contribution in [0.2, 0.25) is 10.0 Å². The number of hydrogen-bond donors (Lipinski definition) is 2. The Balaban J connectivity index is 1.42. The number of Topliss-reactive ketones (excluding diaryl/α,β-unsaturated/α-hetero) is 1. The molecule has 0 spiro atoms. The van der Waals surface area contributed by atoms with Gasteiger partial charge in [-0.2, -0.15) is 0 Å². The molecule has 0 amide bonds. The van der Waals surface area contributed by atoms with Gasteiger partial charge in [-0.1, -0.05) is 30.1 Å². The SMILES string of the molecule is CC[C@@H](Nc1cc(Cl)cc(Cl)c1)C(=O)C[C@@H]1CCCN(c2ncnc3[nH]ccc23)C1. The summed E-state index contributed by atoms with van der Waals surface area (Å²) in [6, 6.07) is 7.02. The third-order valence-corrected chi connectivity index (χ3v) is 6.08. The molecule has 1 saturated heterocycles. The molecule has 3 aromatic rings. The molecule has 0 radical (unpaired) electrons. The summed E-state index contributed by atoms with van der Waals surface area (Å²) in [4.78, 5) is 27.3. The van der Waals surface area contributed by atoms with Crippen LogP contribution >= 0.6 is 23.2 Å². The predicted molar refractivity (Wildman–Crippen MR) is 123 cm³/mol. The van der Waals surface area contributed by atoms with Crippen molar-refractivity contribution in [3.8, 4) is 0 Å². The van der Waals surface area contributed by atoms with Gasteiger partial charge in [-0.15, -0.1) is 0 Å². The molecule has 0 aliphatic carbocycles. The van der Waals surface area contributed by atoms with Crippen molar-refractivity contribution in [1.29, 1.82) is 0 Å². The lowest BCUT2D eigenvalue weighted by molar-refractivity contribution is -0.120. The number of aromatic amines is 1. The van der Waals surface area contributed by atoms with Gasteiger partial charge in [0.15, 0.2) is 5.78 Å². The van der Waals surface area contributed by atoms with Crippen LogP contribution < -0.4 is 10.2 Å². The summed E-state index contributed by atoms with van der Waals surface area (Å²) < 4.78 is 0. The summed E-state index contributed by atoms with van der Waals surface area (Å²) >= 11 is 12.2. The van der Waals surface area contributed by atoms with Gasteiger partial charge in [0, 0.05) is 41.4 Å². The molecule has 2 N–H and O–H groups in total. The van der Waals surface area contributed by atoms with E-state index in [0.717, 1.165) is 48.5 Å². The molecular formula is C22H25Cl2N5O. The van der Waals surface area contributed by atoms with E-state index in [-0.39, 0.29) is 11.8 Å². The summed E-state index contributed by atoms with van der Waals surface area (Å²) in [6.07, 6.45) is 6.81. The second-order valence-corrected chi connectivity index (χ2v) is 8.70. The number of H-pyrrole nitrogens is 1. The van der Waals surface area contributed by atoms with E-state index < -0.39 is 0 Å². The molecule has 2 aromatic heterocycles. The van der Waals surface area contributed by atoms with E-state index in [4.69, 9.17) is 23.2 Å². The Bertz CT molecular complexity index is 1020. The van der Waals surface area contributed by atoms with Crippen molar-refractivity contribution in [2.24, 2.45) is 5.92 Å². The summed E-state index contributed by atoms with van der Waals surface area (Å²) in [5.41, 5.74) is 1.61. The molecule has 8 heteroatoms. The van der Waals surface area contributed by atoms with Gasteiger partial charge in [0.05, 0.1) is 11.4 Å². The van der Waals surface area contributed by atoms with Crippen LogP contribution in [0, 0.1) is 5.92 Å². The zero-order chi connectivity index (χ0) is 21.1. The summed E-state index contributed by atoms with van der Waals surface area (Å²) in [6.45, 7) is 3.78. The van der Waals surface area contributed by atoms with E-state index in [1.165, 1.54) is 0 Å². The lowest BCUT2D eigenvalue weighted by Crippen LogP contribution is -2.39. The maximum atomic E-state index is 13.1. The van der Waals surface area contributed by atoms with Crippen LogP contribution in [0.5, 0.6) is 0 Å². The molecule has 6 nitrogen and oxygen atoms in total. The van der Waals surface area contributed by atoms with Crippen LogP contribution in [0.4, 0.5) is 11.5 Å². The van der Waals surface area contributed by atoms with Gasteiger partial charge >= 0.3 is 0 Å². The third kappa shape index (κ3) is 4.71. The number of nitrogens with one attached hydrogen (secondary N) is 2. The molecular weight excluding hydrogens is 421 g/mol. The second-order valence-electron chi connectivity index (χ2n) is 7.83. The number of fused-ring (bicyclic) bond motifs is 1. The number of halogens is 2. The van der Waals surface area contributed by atoms with Gasteiger partial charge in [-0.05, 0) is 49.4 Å². The van der Waals surface area contributed by atoms with E-state index in [2.05, 4.69) is 25.2 Å². The van der Waals surface area contributed by atoms with Crippen molar-refractivity contribution < 1.29 is 4.79 Å². The predicted octanol–water partition coefficient (Wildman–Crippen LogP) is 5.33. The quantitative estimate of drug-likeness (QED) is 0.513. The highest BCUT2D eigenvalue weighted by Crippen LogP contribution is 2.29. The molecule has 30 heavy (non-hydrogen) atoms. The number of benzene rings is 1. The van der Waals surface area contributed by atoms with E-state index in [1.54, 1.807) is 24.5 Å². The van der Waals surface area contributed by atoms with Crippen LogP contribution in [0.25, 0.3) is 11.0 Å². The molecule has 0 bridgehead atoms. The number of anilines is 2. The molecule has 1 aromatic carbocycles. The Morgan fingerprint density at radius 2 is 2.10 bits per heavy atom. The first-order chi connectivity index (χ1) is 14.5. The fourth-order valence-corrected chi connectivity index (χ4v) is 4.74. The number of hydrogen-bond acceptors (Lipinski definition) is 5. The minimum atomic E-state index is -0.259. The molecule has 0 unspecified atom stereocenters. The Labute approximate surface area is 186 Å². The maximum absolute atomic E-state index is 13.1. The highest BCUT2D eigenvalue weighted by molar-refractivity contribution is 6.35. The molecule has 1 fully saturated rings. The number of nitrogens with zero attached hydrogens (tertiary/aromatic N) is 3. The van der Waals surface area contributed by atoms with Crippen molar-refractivity contribution in [3.63, 3.8) is 0 Å². The van der Waals surface area contributed by atoms with Crippen molar-refractivity contribution in [2.75, 3.05) is 23.3 Å². The van der Waals surface area contributed by atoms with Crippen molar-refractivity contribution in [2.45, 2.75) is 38.6 Å². The number of aromatic nitrogens is 3. The number of ketones is 1. The topological polar surface area (TPSA) is 73.9 Å². The summed E-state index contributed by atoms with van der Waals surface area (Å²) in [5.74, 6) is 1.46. The average molecular weight is 446 g/mol.